The number of nitrogens with zero attached hydrogens (tertiary/aromatic N) is 4. The van der Waals surface area contributed by atoms with Gasteiger partial charge in [-0.2, -0.15) is 0 Å². The van der Waals surface area contributed by atoms with Crippen LogP contribution in [0.4, 0.5) is 0 Å². The van der Waals surface area contributed by atoms with Gasteiger partial charge >= 0.3 is 0 Å². The molecule has 0 saturated carbocycles. The molecule has 4 aromatic rings. The second kappa shape index (κ2) is 14.6. The Labute approximate surface area is 261 Å². The van der Waals surface area contributed by atoms with Gasteiger partial charge in [-0.05, 0) is 61.6 Å². The van der Waals surface area contributed by atoms with Crippen LogP contribution in [0.5, 0.6) is 5.75 Å². The molecule has 3 heterocycles. The highest BCUT2D eigenvalue weighted by molar-refractivity contribution is 7.80. The molecule has 0 bridgehead atoms. The van der Waals surface area contributed by atoms with Crippen molar-refractivity contribution in [1.29, 1.82) is 0 Å². The van der Waals surface area contributed by atoms with E-state index in [0.717, 1.165) is 11.4 Å². The van der Waals surface area contributed by atoms with E-state index in [4.69, 9.17) is 17.0 Å². The molecule has 0 unspecified atom stereocenters. The van der Waals surface area contributed by atoms with Crippen molar-refractivity contribution in [2.75, 3.05) is 32.8 Å². The molecule has 11 heteroatoms. The molecule has 2 N–H and O–H groups in total. The number of hydrogen-bond acceptors (Lipinski definition) is 8. The van der Waals surface area contributed by atoms with Gasteiger partial charge in [-0.1, -0.05) is 24.3 Å². The first-order chi connectivity index (χ1) is 21.4. The number of hydrogen-bond donors (Lipinski definition) is 2. The SMILES string of the molecule is CC(=O)CCOc1ccc2c3c(cccc13)C(=O)N(CCNC(=S)NCCN(Cc1ccccn1)Cc1ccccn1)C2=O. The smallest absolute Gasteiger partial charge is 0.261 e. The lowest BCUT2D eigenvalue weighted by Gasteiger charge is -2.28. The molecule has 0 radical (unpaired) electrons. The maximum Gasteiger partial charge on any atom is 0.261 e. The Morgan fingerprint density at radius 1 is 0.864 bits per heavy atom. The summed E-state index contributed by atoms with van der Waals surface area (Å²) in [6, 6.07) is 20.4. The third-order valence-corrected chi connectivity index (χ3v) is 7.51. The van der Waals surface area contributed by atoms with Crippen LogP contribution in [0, 0.1) is 0 Å². The van der Waals surface area contributed by atoms with E-state index in [2.05, 4.69) is 25.5 Å². The fourth-order valence-electron chi connectivity index (χ4n) is 5.08. The van der Waals surface area contributed by atoms with Crippen molar-refractivity contribution in [2.24, 2.45) is 0 Å². The Morgan fingerprint density at radius 2 is 1.52 bits per heavy atom. The van der Waals surface area contributed by atoms with Gasteiger partial charge in [0.1, 0.15) is 11.5 Å². The van der Waals surface area contributed by atoms with Crippen LogP contribution in [0.1, 0.15) is 45.4 Å². The Kier molecular flexibility index (Phi) is 10.2. The Morgan fingerprint density at radius 3 is 2.16 bits per heavy atom. The zero-order chi connectivity index (χ0) is 30.9. The molecule has 0 fully saturated rings. The van der Waals surface area contributed by atoms with Gasteiger partial charge in [-0.3, -0.25) is 34.2 Å². The fraction of sp³-hybridized carbons (Fsp3) is 0.273. The molecule has 0 spiro atoms. The van der Waals surface area contributed by atoms with Crippen molar-refractivity contribution < 1.29 is 19.1 Å². The lowest BCUT2D eigenvalue weighted by Crippen LogP contribution is -2.46. The van der Waals surface area contributed by atoms with Crippen LogP contribution in [0.15, 0.2) is 79.1 Å². The summed E-state index contributed by atoms with van der Waals surface area (Å²) in [5, 5.41) is 8.02. The zero-order valence-electron chi connectivity index (χ0n) is 24.5. The first-order valence-corrected chi connectivity index (χ1v) is 14.9. The van der Waals surface area contributed by atoms with Crippen molar-refractivity contribution in [3.05, 3.63) is 102 Å². The fourth-order valence-corrected chi connectivity index (χ4v) is 5.28. The number of ketones is 1. The first kappa shape index (κ1) is 30.7. The maximum absolute atomic E-state index is 13.4. The van der Waals surface area contributed by atoms with Gasteiger partial charge in [-0.25, -0.2) is 0 Å². The Bertz CT molecular complexity index is 1590. The van der Waals surface area contributed by atoms with E-state index in [-0.39, 0.29) is 37.2 Å². The predicted octanol–water partition coefficient (Wildman–Crippen LogP) is 3.75. The summed E-state index contributed by atoms with van der Waals surface area (Å²) < 4.78 is 5.81. The quantitative estimate of drug-likeness (QED) is 0.162. The molecule has 2 aromatic carbocycles. The number of carbonyl (C=O) groups is 3. The number of rotatable bonds is 14. The molecule has 1 aliphatic rings. The van der Waals surface area contributed by atoms with Gasteiger partial charge in [0.2, 0.25) is 0 Å². The number of imide groups is 1. The van der Waals surface area contributed by atoms with Gasteiger partial charge in [0, 0.05) is 80.0 Å². The third-order valence-electron chi connectivity index (χ3n) is 7.22. The average Bonchev–Trinajstić information content (AvgIpc) is 3.02. The average molecular weight is 611 g/mol. The lowest BCUT2D eigenvalue weighted by molar-refractivity contribution is -0.117. The molecule has 5 rings (SSSR count). The topological polar surface area (TPSA) is 117 Å². The molecule has 44 heavy (non-hydrogen) atoms. The van der Waals surface area contributed by atoms with E-state index in [1.807, 2.05) is 42.5 Å². The van der Waals surface area contributed by atoms with Gasteiger partial charge in [0.15, 0.2) is 5.11 Å². The number of amides is 2. The molecule has 226 valence electrons. The van der Waals surface area contributed by atoms with Crippen LogP contribution in [-0.2, 0) is 17.9 Å². The minimum absolute atomic E-state index is 0.0280. The van der Waals surface area contributed by atoms with E-state index in [1.165, 1.54) is 11.8 Å². The first-order valence-electron chi connectivity index (χ1n) is 14.5. The largest absolute Gasteiger partial charge is 0.492 e. The van der Waals surface area contributed by atoms with Crippen LogP contribution < -0.4 is 15.4 Å². The number of benzene rings is 2. The molecule has 0 atom stereocenters. The lowest BCUT2D eigenvalue weighted by atomic mass is 9.93. The van der Waals surface area contributed by atoms with Crippen molar-refractivity contribution in [3.8, 4) is 5.75 Å². The standard InChI is InChI=1S/C33H34N6O4S/c1-23(40)13-20-43-29-12-11-28-30-26(29)9-6-10-27(30)31(41)39(32(28)42)19-17-37-33(44)36-16-18-38(21-24-7-2-4-14-34-24)22-25-8-3-5-15-35-25/h2-12,14-15H,13,16-22H2,1H3,(H2,36,37,44). The molecule has 0 saturated heterocycles. The van der Waals surface area contributed by atoms with E-state index < -0.39 is 0 Å². The van der Waals surface area contributed by atoms with E-state index in [9.17, 15) is 14.4 Å². The van der Waals surface area contributed by atoms with Crippen molar-refractivity contribution in [3.63, 3.8) is 0 Å². The highest BCUT2D eigenvalue weighted by Gasteiger charge is 2.33. The van der Waals surface area contributed by atoms with Crippen LogP contribution in [0.2, 0.25) is 0 Å². The summed E-state index contributed by atoms with van der Waals surface area (Å²) in [5.41, 5.74) is 2.81. The van der Waals surface area contributed by atoms with E-state index in [0.29, 0.717) is 65.5 Å². The van der Waals surface area contributed by atoms with E-state index >= 15 is 0 Å². The summed E-state index contributed by atoms with van der Waals surface area (Å²) in [6.45, 7) is 4.79. The number of pyridine rings is 2. The maximum atomic E-state index is 13.4. The summed E-state index contributed by atoms with van der Waals surface area (Å²) in [5.74, 6) is -0.165. The molecule has 10 nitrogen and oxygen atoms in total. The molecule has 1 aliphatic heterocycles. The molecule has 2 amide bonds. The van der Waals surface area contributed by atoms with E-state index in [1.54, 1.807) is 36.7 Å². The number of ether oxygens (including phenoxy) is 1. The Balaban J connectivity index is 1.14. The van der Waals surface area contributed by atoms with Gasteiger partial charge in [-0.15, -0.1) is 0 Å². The molecule has 2 aromatic heterocycles. The minimum Gasteiger partial charge on any atom is -0.492 e. The summed E-state index contributed by atoms with van der Waals surface area (Å²) in [6.07, 6.45) is 3.85. The normalized spacial score (nSPS) is 12.5. The number of nitrogens with one attached hydrogen (secondary N) is 2. The van der Waals surface area contributed by atoms with Crippen molar-refractivity contribution in [2.45, 2.75) is 26.4 Å². The zero-order valence-corrected chi connectivity index (χ0v) is 25.3. The molecule has 0 aliphatic carbocycles. The minimum atomic E-state index is -0.366. The van der Waals surface area contributed by atoms with Crippen LogP contribution >= 0.6 is 12.2 Å². The summed E-state index contributed by atoms with van der Waals surface area (Å²) in [7, 11) is 0. The Hall–Kier alpha value is -4.74. The number of thiocarbonyl (C=S) groups is 1. The highest BCUT2D eigenvalue weighted by Crippen LogP contribution is 2.35. The number of carbonyl (C=O) groups excluding carboxylic acids is 3. The van der Waals surface area contributed by atoms with Crippen LogP contribution in [-0.4, -0.2) is 75.3 Å². The summed E-state index contributed by atoms with van der Waals surface area (Å²) >= 11 is 5.48. The molecular formula is C33H34N6O4S. The number of Topliss-reactive ketones (excluding diaryl/α,β-unsaturated/α-hetero) is 1. The van der Waals surface area contributed by atoms with Crippen molar-refractivity contribution in [1.82, 2.24) is 30.4 Å². The van der Waals surface area contributed by atoms with Gasteiger partial charge < -0.3 is 15.4 Å². The second-order valence-corrected chi connectivity index (χ2v) is 10.8. The highest BCUT2D eigenvalue weighted by atomic mass is 32.1. The van der Waals surface area contributed by atoms with Crippen LogP contribution in [0.3, 0.4) is 0 Å². The molecular weight excluding hydrogens is 576 g/mol. The van der Waals surface area contributed by atoms with Gasteiger partial charge in [0.25, 0.3) is 11.8 Å². The summed E-state index contributed by atoms with van der Waals surface area (Å²) in [4.78, 5) is 50.5. The second-order valence-electron chi connectivity index (χ2n) is 10.4. The third kappa shape index (κ3) is 7.61. The monoisotopic (exact) mass is 610 g/mol. The van der Waals surface area contributed by atoms with Crippen molar-refractivity contribution >= 4 is 45.7 Å². The predicted molar refractivity (Wildman–Crippen MR) is 171 cm³/mol. The van der Waals surface area contributed by atoms with Crippen LogP contribution in [0.25, 0.3) is 10.8 Å². The van der Waals surface area contributed by atoms with Gasteiger partial charge in [0.05, 0.1) is 18.0 Å². The number of aromatic nitrogens is 2.